The van der Waals surface area contributed by atoms with Crippen LogP contribution >= 0.6 is 0 Å². The second-order valence-electron chi connectivity index (χ2n) is 10.2. The molecule has 4 aromatic heterocycles. The molecule has 12 heteroatoms. The average molecular weight is 514 g/mol. The van der Waals surface area contributed by atoms with Crippen molar-refractivity contribution in [2.24, 2.45) is 5.41 Å². The molecule has 4 heterocycles. The van der Waals surface area contributed by atoms with Crippen LogP contribution < -0.4 is 15.4 Å². The number of nitrogens with one attached hydrogen (secondary N) is 3. The number of rotatable bonds is 8. The number of pyridine rings is 2. The second kappa shape index (κ2) is 9.93. The SMILES string of the molecule is CC(C)(C)OC(=O)NCC1(COc2cnc3cccnc3c2-c2cc(Nc3cnc(C#N)cn3)n[nH]2)CC1. The highest BCUT2D eigenvalue weighted by atomic mass is 16.6. The largest absolute Gasteiger partial charge is 0.491 e. The van der Waals surface area contributed by atoms with Gasteiger partial charge < -0.3 is 20.1 Å². The summed E-state index contributed by atoms with van der Waals surface area (Å²) in [5.74, 6) is 1.50. The van der Waals surface area contributed by atoms with Gasteiger partial charge in [0.2, 0.25) is 0 Å². The lowest BCUT2D eigenvalue weighted by Gasteiger charge is -2.22. The van der Waals surface area contributed by atoms with Crippen molar-refractivity contribution in [2.75, 3.05) is 18.5 Å². The molecule has 0 saturated heterocycles. The standard InChI is InChI=1S/C26H27N9O3/c1-25(2,3)38-24(36)32-14-26(6-7-26)15-37-19-12-30-17-5-4-8-28-23(17)22(19)18-9-20(35-34-18)33-21-13-29-16(10-27)11-31-21/h4-5,8-9,11-13H,6-7,14-15H2,1-3H3,(H,32,36)(H2,31,33,34,35). The number of alkyl carbamates (subject to hydrolysis) is 1. The Hall–Kier alpha value is -4.79. The summed E-state index contributed by atoms with van der Waals surface area (Å²) >= 11 is 0. The summed E-state index contributed by atoms with van der Waals surface area (Å²) in [7, 11) is 0. The predicted octanol–water partition coefficient (Wildman–Crippen LogP) is 4.11. The number of aromatic nitrogens is 6. The molecule has 0 radical (unpaired) electrons. The normalized spacial score (nSPS) is 13.9. The molecule has 0 unspecified atom stereocenters. The van der Waals surface area contributed by atoms with Gasteiger partial charge in [0, 0.05) is 24.2 Å². The molecule has 1 fully saturated rings. The lowest BCUT2D eigenvalue weighted by molar-refractivity contribution is 0.0509. The van der Waals surface area contributed by atoms with E-state index < -0.39 is 11.7 Å². The predicted molar refractivity (Wildman–Crippen MR) is 139 cm³/mol. The molecule has 0 bridgehead atoms. The summed E-state index contributed by atoms with van der Waals surface area (Å²) in [6, 6.07) is 7.46. The topological polar surface area (TPSA) is 164 Å². The van der Waals surface area contributed by atoms with E-state index in [1.54, 1.807) is 12.4 Å². The average Bonchev–Trinajstić information content (AvgIpc) is 3.53. The summed E-state index contributed by atoms with van der Waals surface area (Å²) in [4.78, 5) is 29.4. The zero-order chi connectivity index (χ0) is 26.8. The third-order valence-corrected chi connectivity index (χ3v) is 5.96. The van der Waals surface area contributed by atoms with E-state index in [-0.39, 0.29) is 11.1 Å². The fourth-order valence-corrected chi connectivity index (χ4v) is 3.82. The summed E-state index contributed by atoms with van der Waals surface area (Å²) in [5, 5.41) is 22.2. The van der Waals surface area contributed by atoms with Crippen molar-refractivity contribution >= 4 is 28.8 Å². The first kappa shape index (κ1) is 24.9. The number of nitrogens with zero attached hydrogens (tertiary/aromatic N) is 6. The number of fused-ring (bicyclic) bond motifs is 1. The van der Waals surface area contributed by atoms with Crippen molar-refractivity contribution in [1.82, 2.24) is 35.5 Å². The molecule has 1 aliphatic carbocycles. The van der Waals surface area contributed by atoms with Gasteiger partial charge in [-0.05, 0) is 45.7 Å². The van der Waals surface area contributed by atoms with E-state index in [2.05, 4.69) is 40.8 Å². The molecule has 1 saturated carbocycles. The molecule has 5 rings (SSSR count). The van der Waals surface area contributed by atoms with Crippen molar-refractivity contribution in [3.8, 4) is 23.1 Å². The molecule has 12 nitrogen and oxygen atoms in total. The monoisotopic (exact) mass is 513 g/mol. The number of ether oxygens (including phenoxy) is 2. The van der Waals surface area contributed by atoms with Gasteiger partial charge in [-0.15, -0.1) is 0 Å². The molecule has 38 heavy (non-hydrogen) atoms. The van der Waals surface area contributed by atoms with E-state index in [1.165, 1.54) is 12.4 Å². The minimum absolute atomic E-state index is 0.164. The van der Waals surface area contributed by atoms with Gasteiger partial charge in [0.1, 0.15) is 28.8 Å². The first-order valence-corrected chi connectivity index (χ1v) is 12.1. The zero-order valence-electron chi connectivity index (χ0n) is 21.3. The Balaban J connectivity index is 1.35. The number of H-pyrrole nitrogens is 1. The highest BCUT2D eigenvalue weighted by molar-refractivity contribution is 5.93. The Morgan fingerprint density at radius 3 is 2.71 bits per heavy atom. The number of hydrogen-bond donors (Lipinski definition) is 3. The maximum Gasteiger partial charge on any atom is 0.407 e. The van der Waals surface area contributed by atoms with Crippen LogP contribution in [0.25, 0.3) is 22.3 Å². The van der Waals surface area contributed by atoms with Gasteiger partial charge >= 0.3 is 6.09 Å². The molecule has 0 atom stereocenters. The third-order valence-electron chi connectivity index (χ3n) is 5.96. The molecule has 1 aliphatic rings. The van der Waals surface area contributed by atoms with Crippen LogP contribution in [0.15, 0.2) is 43.0 Å². The summed E-state index contributed by atoms with van der Waals surface area (Å²) in [6.45, 7) is 6.35. The number of nitriles is 1. The molecule has 4 aromatic rings. The maximum atomic E-state index is 12.1. The highest BCUT2D eigenvalue weighted by Crippen LogP contribution is 2.46. The first-order chi connectivity index (χ1) is 18.2. The van der Waals surface area contributed by atoms with Crippen LogP contribution in [0, 0.1) is 16.7 Å². The van der Waals surface area contributed by atoms with Crippen molar-refractivity contribution < 1.29 is 14.3 Å². The molecule has 1 amide bonds. The van der Waals surface area contributed by atoms with Crippen LogP contribution in [0.5, 0.6) is 5.75 Å². The van der Waals surface area contributed by atoms with E-state index >= 15 is 0 Å². The van der Waals surface area contributed by atoms with Gasteiger partial charge in [-0.2, -0.15) is 10.4 Å². The molecule has 0 spiro atoms. The fourth-order valence-electron chi connectivity index (χ4n) is 3.82. The first-order valence-electron chi connectivity index (χ1n) is 12.1. The van der Waals surface area contributed by atoms with Crippen LogP contribution in [0.2, 0.25) is 0 Å². The minimum Gasteiger partial charge on any atom is -0.491 e. The summed E-state index contributed by atoms with van der Waals surface area (Å²) < 4.78 is 11.7. The fraction of sp³-hybridized carbons (Fsp3) is 0.346. The van der Waals surface area contributed by atoms with E-state index in [4.69, 9.17) is 14.7 Å². The van der Waals surface area contributed by atoms with Gasteiger partial charge in [-0.25, -0.2) is 14.8 Å². The number of carbonyl (C=O) groups excluding carboxylic acids is 1. The van der Waals surface area contributed by atoms with Crippen molar-refractivity contribution in [2.45, 2.75) is 39.2 Å². The molecule has 0 aromatic carbocycles. The summed E-state index contributed by atoms with van der Waals surface area (Å²) in [6.07, 6.45) is 7.65. The van der Waals surface area contributed by atoms with Gasteiger partial charge in [0.25, 0.3) is 0 Å². The van der Waals surface area contributed by atoms with Crippen LogP contribution in [0.3, 0.4) is 0 Å². The molecule has 0 aliphatic heterocycles. The van der Waals surface area contributed by atoms with Crippen molar-refractivity contribution in [3.05, 3.63) is 48.7 Å². The van der Waals surface area contributed by atoms with E-state index in [0.717, 1.165) is 18.4 Å². The highest BCUT2D eigenvalue weighted by Gasteiger charge is 2.44. The van der Waals surface area contributed by atoms with E-state index in [0.29, 0.717) is 47.3 Å². The van der Waals surface area contributed by atoms with Crippen molar-refractivity contribution in [1.29, 1.82) is 5.26 Å². The Bertz CT molecular complexity index is 1500. The molecular formula is C26H27N9O3. The van der Waals surface area contributed by atoms with Gasteiger partial charge in [-0.3, -0.25) is 15.1 Å². The summed E-state index contributed by atoms with van der Waals surface area (Å²) in [5.41, 5.74) is 2.27. The Morgan fingerprint density at radius 1 is 1.16 bits per heavy atom. The zero-order valence-corrected chi connectivity index (χ0v) is 21.3. The molecule has 3 N–H and O–H groups in total. The van der Waals surface area contributed by atoms with Gasteiger partial charge in [-0.1, -0.05) is 0 Å². The molecular weight excluding hydrogens is 486 g/mol. The third kappa shape index (κ3) is 5.78. The Labute approximate surface area is 218 Å². The number of amides is 1. The molecule has 194 valence electrons. The number of carbonyl (C=O) groups is 1. The van der Waals surface area contributed by atoms with E-state index in [1.807, 2.05) is 45.0 Å². The van der Waals surface area contributed by atoms with Crippen LogP contribution in [0.4, 0.5) is 16.4 Å². The second-order valence-corrected chi connectivity index (χ2v) is 10.2. The Morgan fingerprint density at radius 2 is 2.00 bits per heavy atom. The lowest BCUT2D eigenvalue weighted by atomic mass is 10.1. The van der Waals surface area contributed by atoms with Crippen LogP contribution in [0.1, 0.15) is 39.3 Å². The Kier molecular flexibility index (Phi) is 6.50. The van der Waals surface area contributed by atoms with Crippen LogP contribution in [-0.4, -0.2) is 55.0 Å². The van der Waals surface area contributed by atoms with E-state index in [9.17, 15) is 4.79 Å². The van der Waals surface area contributed by atoms with Gasteiger partial charge in [0.15, 0.2) is 11.5 Å². The smallest absolute Gasteiger partial charge is 0.407 e. The minimum atomic E-state index is -0.555. The quantitative estimate of drug-likeness (QED) is 0.312. The van der Waals surface area contributed by atoms with Crippen molar-refractivity contribution in [3.63, 3.8) is 0 Å². The number of aromatic amines is 1. The lowest BCUT2D eigenvalue weighted by Crippen LogP contribution is -2.37. The van der Waals surface area contributed by atoms with Crippen LogP contribution in [-0.2, 0) is 4.74 Å². The number of anilines is 2. The number of hydrogen-bond acceptors (Lipinski definition) is 10. The maximum absolute atomic E-state index is 12.1. The van der Waals surface area contributed by atoms with Gasteiger partial charge in [0.05, 0.1) is 42.0 Å².